The van der Waals surface area contributed by atoms with E-state index in [1.54, 1.807) is 18.3 Å². The third-order valence-electron chi connectivity index (χ3n) is 4.20. The molecule has 0 aliphatic rings. The number of hydrogen-bond donors (Lipinski definition) is 2. The first-order valence-electron chi connectivity index (χ1n) is 8.52. The Morgan fingerprint density at radius 3 is 2.54 bits per heavy atom. The largest absolute Gasteiger partial charge is 0.326 e. The number of anilines is 1. The molecular weight excluding hydrogens is 444 g/mol. The molecule has 28 heavy (non-hydrogen) atoms. The van der Waals surface area contributed by atoms with Crippen molar-refractivity contribution in [2.24, 2.45) is 5.14 Å². The highest BCUT2D eigenvalue weighted by molar-refractivity contribution is 9.10. The maximum atomic E-state index is 12.5. The molecule has 0 radical (unpaired) electrons. The summed E-state index contributed by atoms with van der Waals surface area (Å²) >= 11 is 3.27. The summed E-state index contributed by atoms with van der Waals surface area (Å²) in [5, 5.41) is 12.2. The summed E-state index contributed by atoms with van der Waals surface area (Å²) in [5.74, 6) is -0.240. The molecule has 1 aromatic heterocycles. The van der Waals surface area contributed by atoms with Gasteiger partial charge in [0, 0.05) is 11.9 Å². The fourth-order valence-corrected chi connectivity index (χ4v) is 3.92. The Kier molecular flexibility index (Phi) is 5.97. The average molecular weight is 463 g/mol. The van der Waals surface area contributed by atoms with Crippen molar-refractivity contribution in [1.29, 1.82) is 0 Å². The van der Waals surface area contributed by atoms with E-state index in [0.29, 0.717) is 15.8 Å². The van der Waals surface area contributed by atoms with E-state index >= 15 is 0 Å². The van der Waals surface area contributed by atoms with Crippen LogP contribution in [0.1, 0.15) is 18.1 Å². The zero-order valence-corrected chi connectivity index (χ0v) is 17.5. The van der Waals surface area contributed by atoms with Crippen LogP contribution in [0.3, 0.4) is 0 Å². The number of benzene rings is 2. The maximum absolute atomic E-state index is 12.5. The third kappa shape index (κ3) is 4.67. The normalized spacial score (nSPS) is 11.4. The van der Waals surface area contributed by atoms with Crippen LogP contribution in [-0.2, 0) is 27.7 Å². The Balaban J connectivity index is 1.88. The summed E-state index contributed by atoms with van der Waals surface area (Å²) < 4.78 is 26.2. The number of aryl methyl sites for hydroxylation is 1. The molecule has 1 heterocycles. The first-order chi connectivity index (χ1) is 13.3. The van der Waals surface area contributed by atoms with Crippen LogP contribution in [0, 0.1) is 0 Å². The second kappa shape index (κ2) is 8.26. The van der Waals surface area contributed by atoms with E-state index in [2.05, 4.69) is 26.3 Å². The molecule has 0 atom stereocenters. The van der Waals surface area contributed by atoms with Gasteiger partial charge in [0.05, 0.1) is 22.8 Å². The fraction of sp³-hybridized carbons (Fsp3) is 0.158. The molecule has 0 saturated carbocycles. The molecule has 0 unspecified atom stereocenters. The SMILES string of the molecule is CCc1ccccc1CC(=O)Nc1ccc(-n2cc(Br)cn2)c(S(N)(=O)=O)c1. The van der Waals surface area contributed by atoms with Crippen molar-refractivity contribution in [1.82, 2.24) is 9.78 Å². The zero-order chi connectivity index (χ0) is 20.3. The van der Waals surface area contributed by atoms with E-state index in [1.165, 1.54) is 16.9 Å². The number of aromatic nitrogens is 2. The minimum atomic E-state index is -4.03. The first kappa shape index (κ1) is 20.2. The Bertz CT molecular complexity index is 1130. The highest BCUT2D eigenvalue weighted by Crippen LogP contribution is 2.24. The second-order valence-electron chi connectivity index (χ2n) is 6.18. The van der Waals surface area contributed by atoms with Crippen LogP contribution < -0.4 is 10.5 Å². The molecule has 3 aromatic rings. The van der Waals surface area contributed by atoms with Crippen LogP contribution in [-0.4, -0.2) is 24.1 Å². The van der Waals surface area contributed by atoms with Gasteiger partial charge in [0.2, 0.25) is 15.9 Å². The number of halogens is 1. The molecule has 146 valence electrons. The van der Waals surface area contributed by atoms with Gasteiger partial charge in [0.15, 0.2) is 0 Å². The van der Waals surface area contributed by atoms with Crippen molar-refractivity contribution >= 4 is 37.5 Å². The molecule has 0 fully saturated rings. The standard InChI is InChI=1S/C19H19BrN4O3S/c1-2-13-5-3-4-6-14(13)9-19(25)23-16-7-8-17(18(10-16)28(21,26)27)24-12-15(20)11-22-24/h3-8,10-12H,2,9H2,1H3,(H,23,25)(H2,21,26,27). The molecule has 0 spiro atoms. The number of sulfonamides is 1. The highest BCUT2D eigenvalue weighted by atomic mass is 79.9. The van der Waals surface area contributed by atoms with Gasteiger partial charge < -0.3 is 5.32 Å². The van der Waals surface area contributed by atoms with E-state index in [-0.39, 0.29) is 17.2 Å². The summed E-state index contributed by atoms with van der Waals surface area (Å²) in [4.78, 5) is 12.3. The molecular formula is C19H19BrN4O3S. The van der Waals surface area contributed by atoms with Crippen molar-refractivity contribution < 1.29 is 13.2 Å². The highest BCUT2D eigenvalue weighted by Gasteiger charge is 2.18. The molecule has 0 saturated heterocycles. The summed E-state index contributed by atoms with van der Waals surface area (Å²) in [7, 11) is -4.03. The van der Waals surface area contributed by atoms with E-state index in [9.17, 15) is 13.2 Å². The van der Waals surface area contributed by atoms with E-state index in [0.717, 1.165) is 17.5 Å². The van der Waals surface area contributed by atoms with Crippen LogP contribution in [0.25, 0.3) is 5.69 Å². The lowest BCUT2D eigenvalue weighted by Crippen LogP contribution is -2.18. The van der Waals surface area contributed by atoms with E-state index in [1.807, 2.05) is 31.2 Å². The number of amides is 1. The van der Waals surface area contributed by atoms with Crippen molar-refractivity contribution in [3.63, 3.8) is 0 Å². The minimum absolute atomic E-state index is 0.130. The predicted octanol–water partition coefficient (Wildman–Crippen LogP) is 3.03. The lowest BCUT2D eigenvalue weighted by Gasteiger charge is -2.12. The Morgan fingerprint density at radius 1 is 1.21 bits per heavy atom. The van der Waals surface area contributed by atoms with Crippen LogP contribution in [0.4, 0.5) is 5.69 Å². The summed E-state index contributed by atoms with van der Waals surface area (Å²) in [6.45, 7) is 2.03. The van der Waals surface area contributed by atoms with Crippen LogP contribution in [0.2, 0.25) is 0 Å². The molecule has 3 rings (SSSR count). The van der Waals surface area contributed by atoms with Crippen LogP contribution >= 0.6 is 15.9 Å². The van der Waals surface area contributed by atoms with Gasteiger partial charge in [-0.15, -0.1) is 0 Å². The molecule has 9 heteroatoms. The number of nitrogens with two attached hydrogens (primary N) is 1. The van der Waals surface area contributed by atoms with E-state index < -0.39 is 10.0 Å². The lowest BCUT2D eigenvalue weighted by atomic mass is 10.0. The zero-order valence-electron chi connectivity index (χ0n) is 15.1. The summed E-state index contributed by atoms with van der Waals surface area (Å²) in [6.07, 6.45) is 4.17. The van der Waals surface area contributed by atoms with Crippen molar-refractivity contribution in [2.45, 2.75) is 24.7 Å². The maximum Gasteiger partial charge on any atom is 0.240 e. The molecule has 2 aromatic carbocycles. The molecule has 0 aliphatic carbocycles. The van der Waals surface area contributed by atoms with Gasteiger partial charge in [0.1, 0.15) is 4.90 Å². The Morgan fingerprint density at radius 2 is 1.93 bits per heavy atom. The van der Waals surface area contributed by atoms with Crippen LogP contribution in [0.15, 0.2) is 64.2 Å². The number of nitrogens with zero attached hydrogens (tertiary/aromatic N) is 2. The average Bonchev–Trinajstić information content (AvgIpc) is 3.07. The van der Waals surface area contributed by atoms with Gasteiger partial charge in [0.25, 0.3) is 0 Å². The van der Waals surface area contributed by atoms with Gasteiger partial charge in [-0.05, 0) is 51.7 Å². The number of primary sulfonamides is 1. The molecule has 0 bridgehead atoms. The monoisotopic (exact) mass is 462 g/mol. The number of hydrogen-bond acceptors (Lipinski definition) is 4. The van der Waals surface area contributed by atoms with Crippen molar-refractivity contribution in [2.75, 3.05) is 5.32 Å². The van der Waals surface area contributed by atoms with Gasteiger partial charge in [-0.1, -0.05) is 31.2 Å². The van der Waals surface area contributed by atoms with Crippen molar-refractivity contribution in [3.05, 3.63) is 70.5 Å². The molecule has 0 aliphatic heterocycles. The minimum Gasteiger partial charge on any atom is -0.326 e. The van der Waals surface area contributed by atoms with Gasteiger partial charge >= 0.3 is 0 Å². The lowest BCUT2D eigenvalue weighted by molar-refractivity contribution is -0.115. The van der Waals surface area contributed by atoms with Crippen molar-refractivity contribution in [3.8, 4) is 5.69 Å². The number of carbonyl (C=O) groups excluding carboxylic acids is 1. The number of nitrogens with one attached hydrogen (secondary N) is 1. The third-order valence-corrected chi connectivity index (χ3v) is 5.55. The first-order valence-corrected chi connectivity index (χ1v) is 10.9. The van der Waals surface area contributed by atoms with Crippen LogP contribution in [0.5, 0.6) is 0 Å². The Hall–Kier alpha value is -2.49. The Labute approximate surface area is 171 Å². The van der Waals surface area contributed by atoms with E-state index in [4.69, 9.17) is 5.14 Å². The van der Waals surface area contributed by atoms with Gasteiger partial charge in [-0.25, -0.2) is 18.2 Å². The number of rotatable bonds is 6. The smallest absolute Gasteiger partial charge is 0.240 e. The van der Waals surface area contributed by atoms with Gasteiger partial charge in [-0.3, -0.25) is 4.79 Å². The topological polar surface area (TPSA) is 107 Å². The second-order valence-corrected chi connectivity index (χ2v) is 8.62. The fourth-order valence-electron chi connectivity index (χ4n) is 2.89. The quantitative estimate of drug-likeness (QED) is 0.586. The molecule has 7 nitrogen and oxygen atoms in total. The predicted molar refractivity (Wildman–Crippen MR) is 111 cm³/mol. The summed E-state index contributed by atoms with van der Waals surface area (Å²) in [5.41, 5.74) is 2.68. The molecule has 1 amide bonds. The number of carbonyl (C=O) groups is 1. The molecule has 3 N–H and O–H groups in total. The van der Waals surface area contributed by atoms with Gasteiger partial charge in [-0.2, -0.15) is 5.10 Å². The summed E-state index contributed by atoms with van der Waals surface area (Å²) in [6, 6.07) is 12.2.